The summed E-state index contributed by atoms with van der Waals surface area (Å²) in [5.41, 5.74) is 4.50. The third-order valence-electron chi connectivity index (χ3n) is 8.80. The minimum atomic E-state index is -0.831. The zero-order chi connectivity index (χ0) is 20.9. The number of hydrogen-bond donors (Lipinski definition) is 2. The number of benzene rings is 2. The average Bonchev–Trinajstić information content (AvgIpc) is 3.11. The van der Waals surface area contributed by atoms with Gasteiger partial charge in [0.2, 0.25) is 0 Å². The summed E-state index contributed by atoms with van der Waals surface area (Å²) in [6, 6.07) is 16.2. The zero-order valence-electron chi connectivity index (χ0n) is 17.8. The minimum absolute atomic E-state index is 0.216. The third kappa shape index (κ3) is 3.19. The number of hydrogen-bond acceptors (Lipinski definition) is 2. The molecule has 0 heterocycles. The van der Waals surface area contributed by atoms with Gasteiger partial charge in [-0.3, -0.25) is 0 Å². The summed E-state index contributed by atoms with van der Waals surface area (Å²) in [6.45, 7) is 2.45. The Labute approximate surface area is 179 Å². The molecular weight excluding hydrogens is 372 g/mol. The topological polar surface area (TPSA) is 57.5 Å². The molecule has 0 aromatic heterocycles. The van der Waals surface area contributed by atoms with Crippen LogP contribution in [0.1, 0.15) is 72.0 Å². The highest BCUT2D eigenvalue weighted by Crippen LogP contribution is 2.63. The summed E-state index contributed by atoms with van der Waals surface area (Å²) in [5, 5.41) is 20.5. The molecule has 0 aliphatic heterocycles. The van der Waals surface area contributed by atoms with Crippen LogP contribution in [0.2, 0.25) is 0 Å². The number of aliphatic hydroxyl groups is 1. The van der Waals surface area contributed by atoms with Crippen molar-refractivity contribution in [3.63, 3.8) is 0 Å². The van der Waals surface area contributed by atoms with E-state index in [9.17, 15) is 15.0 Å². The Morgan fingerprint density at radius 1 is 1.10 bits per heavy atom. The van der Waals surface area contributed by atoms with E-state index in [1.807, 2.05) is 12.1 Å². The molecular formula is C27H32O3. The molecule has 30 heavy (non-hydrogen) atoms. The van der Waals surface area contributed by atoms with Crippen LogP contribution in [0, 0.1) is 23.2 Å². The van der Waals surface area contributed by atoms with Gasteiger partial charge in [0.25, 0.3) is 0 Å². The molecule has 158 valence electrons. The smallest absolute Gasteiger partial charge is 0.335 e. The van der Waals surface area contributed by atoms with Gasteiger partial charge < -0.3 is 10.2 Å². The van der Waals surface area contributed by atoms with Crippen molar-refractivity contribution in [3.05, 3.63) is 70.8 Å². The van der Waals surface area contributed by atoms with Crippen LogP contribution in [0.4, 0.5) is 0 Å². The lowest BCUT2D eigenvalue weighted by molar-refractivity contribution is -0.0239. The average molecular weight is 405 g/mol. The SMILES string of the molecule is C[C@]12CC[C@@H]3c4ccc(C(=O)O)cc4CC[C@H]3[C@@H]1CC[C@@H]2[C@H](O)Cc1ccccc1. The lowest BCUT2D eigenvalue weighted by Crippen LogP contribution is -2.45. The molecule has 0 radical (unpaired) electrons. The molecule has 6 atom stereocenters. The summed E-state index contributed by atoms with van der Waals surface area (Å²) in [6.07, 6.45) is 7.29. The van der Waals surface area contributed by atoms with Crippen molar-refractivity contribution >= 4 is 5.97 Å². The predicted molar refractivity (Wildman–Crippen MR) is 118 cm³/mol. The Kier molecular flexibility index (Phi) is 4.97. The molecule has 2 aromatic carbocycles. The van der Waals surface area contributed by atoms with E-state index < -0.39 is 5.97 Å². The Morgan fingerprint density at radius 3 is 2.67 bits per heavy atom. The number of fused-ring (bicyclic) bond motifs is 5. The number of aromatic carboxylic acids is 1. The van der Waals surface area contributed by atoms with E-state index >= 15 is 0 Å². The molecule has 0 bridgehead atoms. The maximum absolute atomic E-state index is 11.4. The second-order valence-corrected chi connectivity index (χ2v) is 10.1. The van der Waals surface area contributed by atoms with E-state index in [1.165, 1.54) is 23.1 Å². The second kappa shape index (κ2) is 7.53. The molecule has 3 heteroatoms. The van der Waals surface area contributed by atoms with Crippen LogP contribution in [-0.4, -0.2) is 22.3 Å². The number of carbonyl (C=O) groups is 1. The largest absolute Gasteiger partial charge is 0.478 e. The molecule has 3 aliphatic rings. The van der Waals surface area contributed by atoms with Gasteiger partial charge in [0.05, 0.1) is 11.7 Å². The van der Waals surface area contributed by atoms with Crippen LogP contribution in [0.3, 0.4) is 0 Å². The van der Waals surface area contributed by atoms with Crippen molar-refractivity contribution in [2.45, 2.75) is 63.9 Å². The fraction of sp³-hybridized carbons (Fsp3) is 0.519. The van der Waals surface area contributed by atoms with E-state index in [2.05, 4.69) is 37.3 Å². The first-order valence-corrected chi connectivity index (χ1v) is 11.6. The van der Waals surface area contributed by atoms with Crippen LogP contribution < -0.4 is 0 Å². The Bertz CT molecular complexity index is 936. The van der Waals surface area contributed by atoms with Crippen molar-refractivity contribution in [1.29, 1.82) is 0 Å². The lowest BCUT2D eigenvalue weighted by atomic mass is 9.53. The Balaban J connectivity index is 1.37. The van der Waals surface area contributed by atoms with Gasteiger partial charge >= 0.3 is 5.97 Å². The maximum Gasteiger partial charge on any atom is 0.335 e. The Morgan fingerprint density at radius 2 is 1.90 bits per heavy atom. The van der Waals surface area contributed by atoms with Crippen LogP contribution in [-0.2, 0) is 12.8 Å². The number of aliphatic hydroxyl groups excluding tert-OH is 1. The highest BCUT2D eigenvalue weighted by atomic mass is 16.4. The van der Waals surface area contributed by atoms with E-state index in [1.54, 1.807) is 6.07 Å². The second-order valence-electron chi connectivity index (χ2n) is 10.1. The van der Waals surface area contributed by atoms with Crippen molar-refractivity contribution in [3.8, 4) is 0 Å². The van der Waals surface area contributed by atoms with Crippen molar-refractivity contribution < 1.29 is 15.0 Å². The number of carboxylic acid groups (broad SMARTS) is 1. The first kappa shape index (κ1) is 19.8. The standard InChI is InChI=1S/C27H32O3/c1-27-14-13-21-20-9-8-19(26(29)30)16-18(20)7-10-22(21)23(27)11-12-24(27)25(28)15-17-5-3-2-4-6-17/h2-6,8-9,16,21-25,28H,7,10-15H2,1H3,(H,29,30)/t21-,22-,23+,24-,25-,27+/m1/s1. The third-order valence-corrected chi connectivity index (χ3v) is 8.80. The highest BCUT2D eigenvalue weighted by molar-refractivity contribution is 5.88. The fourth-order valence-corrected chi connectivity index (χ4v) is 7.39. The van der Waals surface area contributed by atoms with E-state index in [0.717, 1.165) is 38.5 Å². The first-order chi connectivity index (χ1) is 14.5. The fourth-order valence-electron chi connectivity index (χ4n) is 7.39. The predicted octanol–water partition coefficient (Wildman–Crippen LogP) is 5.46. The van der Waals surface area contributed by atoms with E-state index in [-0.39, 0.29) is 11.5 Å². The summed E-state index contributed by atoms with van der Waals surface area (Å²) in [4.78, 5) is 11.4. The van der Waals surface area contributed by atoms with Gasteiger partial charge in [0.1, 0.15) is 0 Å². The van der Waals surface area contributed by atoms with Gasteiger partial charge in [0.15, 0.2) is 0 Å². The van der Waals surface area contributed by atoms with E-state index in [0.29, 0.717) is 29.2 Å². The summed E-state index contributed by atoms with van der Waals surface area (Å²) < 4.78 is 0. The maximum atomic E-state index is 11.4. The molecule has 0 amide bonds. The summed E-state index contributed by atoms with van der Waals surface area (Å²) in [5.74, 6) is 1.43. The molecule has 0 spiro atoms. The van der Waals surface area contributed by atoms with Crippen molar-refractivity contribution in [2.75, 3.05) is 0 Å². The van der Waals surface area contributed by atoms with Crippen LogP contribution >= 0.6 is 0 Å². The summed E-state index contributed by atoms with van der Waals surface area (Å²) in [7, 11) is 0. The molecule has 2 saturated carbocycles. The summed E-state index contributed by atoms with van der Waals surface area (Å²) >= 11 is 0. The molecule has 2 aromatic rings. The number of aryl methyl sites for hydroxylation is 1. The van der Waals surface area contributed by atoms with Crippen molar-refractivity contribution in [1.82, 2.24) is 0 Å². The molecule has 3 aliphatic carbocycles. The molecule has 3 nitrogen and oxygen atoms in total. The molecule has 0 unspecified atom stereocenters. The van der Waals surface area contributed by atoms with Gasteiger partial charge in [-0.2, -0.15) is 0 Å². The van der Waals surface area contributed by atoms with Crippen LogP contribution in [0.25, 0.3) is 0 Å². The van der Waals surface area contributed by atoms with Gasteiger partial charge in [-0.05, 0) is 103 Å². The normalized spacial score (nSPS) is 33.3. The van der Waals surface area contributed by atoms with Gasteiger partial charge in [-0.15, -0.1) is 0 Å². The molecule has 2 N–H and O–H groups in total. The number of carboxylic acids is 1. The molecule has 5 rings (SSSR count). The van der Waals surface area contributed by atoms with Gasteiger partial charge in [-0.25, -0.2) is 4.79 Å². The van der Waals surface area contributed by atoms with Gasteiger partial charge in [0, 0.05) is 0 Å². The quantitative estimate of drug-likeness (QED) is 0.711. The van der Waals surface area contributed by atoms with Gasteiger partial charge in [-0.1, -0.05) is 43.3 Å². The first-order valence-electron chi connectivity index (χ1n) is 11.6. The van der Waals surface area contributed by atoms with Crippen LogP contribution in [0.15, 0.2) is 48.5 Å². The van der Waals surface area contributed by atoms with E-state index in [4.69, 9.17) is 0 Å². The monoisotopic (exact) mass is 404 g/mol. The van der Waals surface area contributed by atoms with Crippen molar-refractivity contribution in [2.24, 2.45) is 23.2 Å². The van der Waals surface area contributed by atoms with Crippen LogP contribution in [0.5, 0.6) is 0 Å². The highest BCUT2D eigenvalue weighted by Gasteiger charge is 2.56. The zero-order valence-corrected chi connectivity index (χ0v) is 17.8. The molecule has 0 saturated heterocycles. The lowest BCUT2D eigenvalue weighted by Gasteiger charge is -2.51. The number of rotatable bonds is 4. The minimum Gasteiger partial charge on any atom is -0.478 e. The Hall–Kier alpha value is -2.13. The molecule has 2 fully saturated rings.